The lowest BCUT2D eigenvalue weighted by Crippen LogP contribution is -2.32. The Morgan fingerprint density at radius 1 is 1.22 bits per heavy atom. The van der Waals surface area contributed by atoms with E-state index in [1.54, 1.807) is 0 Å². The third-order valence-electron chi connectivity index (χ3n) is 3.12. The third kappa shape index (κ3) is 4.57. The van der Waals surface area contributed by atoms with E-state index in [0.29, 0.717) is 5.56 Å². The van der Waals surface area contributed by atoms with Crippen molar-refractivity contribution < 1.29 is 22.7 Å². The predicted molar refractivity (Wildman–Crippen MR) is 80.5 cm³/mol. The highest BCUT2D eigenvalue weighted by atomic mass is 32.2. The van der Waals surface area contributed by atoms with Gasteiger partial charge in [0.15, 0.2) is 0 Å². The van der Waals surface area contributed by atoms with Crippen molar-refractivity contribution in [2.45, 2.75) is 17.9 Å². The molecule has 0 radical (unpaired) electrons. The normalized spacial score (nSPS) is 11.6. The van der Waals surface area contributed by atoms with Crippen LogP contribution in [0.3, 0.4) is 0 Å². The molecule has 0 amide bonds. The Hall–Kier alpha value is -2.32. The molecule has 0 saturated carbocycles. The second-order valence-corrected chi connectivity index (χ2v) is 6.74. The zero-order valence-electron chi connectivity index (χ0n) is 12.1. The number of carboxylic acids is 1. The molecule has 1 aromatic carbocycles. The van der Waals surface area contributed by atoms with Crippen molar-refractivity contribution in [1.29, 1.82) is 0 Å². The minimum atomic E-state index is -3.89. The van der Waals surface area contributed by atoms with E-state index < -0.39 is 21.8 Å². The number of benzene rings is 1. The van der Waals surface area contributed by atoms with Crippen LogP contribution in [0, 0.1) is 5.82 Å². The summed E-state index contributed by atoms with van der Waals surface area (Å²) in [6.45, 7) is -0.241. The molecule has 2 aromatic rings. The molecule has 0 saturated heterocycles. The highest BCUT2D eigenvalue weighted by molar-refractivity contribution is 7.89. The zero-order chi connectivity index (χ0) is 16.9. The van der Waals surface area contributed by atoms with E-state index in [4.69, 9.17) is 5.11 Å². The Bertz CT molecular complexity index is 764. The first-order valence-corrected chi connectivity index (χ1v) is 8.20. The van der Waals surface area contributed by atoms with Crippen LogP contribution in [0.15, 0.2) is 53.7 Å². The maximum atomic E-state index is 13.0. The van der Waals surface area contributed by atoms with Crippen LogP contribution < -0.4 is 0 Å². The lowest BCUT2D eigenvalue weighted by Gasteiger charge is -2.21. The molecule has 0 aliphatic heterocycles. The van der Waals surface area contributed by atoms with Crippen molar-refractivity contribution >= 4 is 16.0 Å². The lowest BCUT2D eigenvalue weighted by atomic mass is 10.2. The summed E-state index contributed by atoms with van der Waals surface area (Å²) in [5, 5.41) is 8.82. The molecule has 0 fully saturated rings. The Kier molecular flexibility index (Phi) is 5.41. The number of carbonyl (C=O) groups is 1. The number of hydrogen-bond acceptors (Lipinski definition) is 4. The monoisotopic (exact) mass is 338 g/mol. The number of pyridine rings is 1. The van der Waals surface area contributed by atoms with Gasteiger partial charge in [0, 0.05) is 25.5 Å². The van der Waals surface area contributed by atoms with Crippen LogP contribution in [0.2, 0.25) is 0 Å². The summed E-state index contributed by atoms with van der Waals surface area (Å²) in [5.41, 5.74) is 0.559. The summed E-state index contributed by atoms with van der Waals surface area (Å²) in [6, 6.07) is 8.24. The van der Waals surface area contributed by atoms with E-state index in [-0.39, 0.29) is 24.4 Å². The fourth-order valence-electron chi connectivity index (χ4n) is 1.95. The molecular formula is C15H15FN2O4S. The molecule has 122 valence electrons. The summed E-state index contributed by atoms with van der Waals surface area (Å²) in [6.07, 6.45) is 2.31. The predicted octanol–water partition coefficient (Wildman–Crippen LogP) is 1.89. The summed E-state index contributed by atoms with van der Waals surface area (Å²) >= 11 is 0. The number of aromatic nitrogens is 1. The number of rotatable bonds is 7. The third-order valence-corrected chi connectivity index (χ3v) is 4.95. The highest BCUT2D eigenvalue weighted by Crippen LogP contribution is 2.18. The molecule has 1 heterocycles. The van der Waals surface area contributed by atoms with Crippen molar-refractivity contribution in [3.05, 3.63) is 60.2 Å². The second-order valence-electron chi connectivity index (χ2n) is 4.80. The largest absolute Gasteiger partial charge is 0.481 e. The number of aliphatic carboxylic acids is 1. The first-order valence-electron chi connectivity index (χ1n) is 6.76. The lowest BCUT2D eigenvalue weighted by molar-refractivity contribution is -0.137. The maximum Gasteiger partial charge on any atom is 0.304 e. The van der Waals surface area contributed by atoms with Crippen molar-refractivity contribution in [3.63, 3.8) is 0 Å². The number of hydrogen-bond donors (Lipinski definition) is 1. The number of sulfonamides is 1. The summed E-state index contributed by atoms with van der Waals surface area (Å²) in [4.78, 5) is 14.5. The van der Waals surface area contributed by atoms with E-state index in [9.17, 15) is 17.6 Å². The summed E-state index contributed by atoms with van der Waals surface area (Å²) in [7, 11) is -3.89. The molecule has 0 atom stereocenters. The molecular weight excluding hydrogens is 323 g/mol. The van der Waals surface area contributed by atoms with Gasteiger partial charge in [-0.1, -0.05) is 12.1 Å². The van der Waals surface area contributed by atoms with Crippen LogP contribution in [0.1, 0.15) is 12.0 Å². The molecule has 0 aliphatic rings. The van der Waals surface area contributed by atoms with Gasteiger partial charge in [-0.15, -0.1) is 0 Å². The molecule has 8 heteroatoms. The average Bonchev–Trinajstić information content (AvgIpc) is 2.53. The molecule has 0 aliphatic carbocycles. The van der Waals surface area contributed by atoms with E-state index in [2.05, 4.69) is 4.98 Å². The van der Waals surface area contributed by atoms with Crippen LogP contribution in [0.5, 0.6) is 0 Å². The van der Waals surface area contributed by atoms with Gasteiger partial charge in [-0.3, -0.25) is 9.78 Å². The van der Waals surface area contributed by atoms with E-state index in [1.807, 2.05) is 0 Å². The van der Waals surface area contributed by atoms with Crippen LogP contribution in [0.4, 0.5) is 4.39 Å². The fourth-order valence-corrected chi connectivity index (χ4v) is 3.34. The first kappa shape index (κ1) is 17.0. The molecule has 0 bridgehead atoms. The molecule has 0 spiro atoms. The van der Waals surface area contributed by atoms with Gasteiger partial charge < -0.3 is 5.11 Å². The Labute approximate surface area is 133 Å². The summed E-state index contributed by atoms with van der Waals surface area (Å²) in [5.74, 6) is -1.53. The van der Waals surface area contributed by atoms with Gasteiger partial charge in [-0.2, -0.15) is 4.31 Å². The van der Waals surface area contributed by atoms with Gasteiger partial charge in [-0.05, 0) is 29.8 Å². The molecule has 1 aromatic heterocycles. The van der Waals surface area contributed by atoms with Gasteiger partial charge in [0.2, 0.25) is 10.0 Å². The van der Waals surface area contributed by atoms with E-state index in [0.717, 1.165) is 4.31 Å². The van der Waals surface area contributed by atoms with Gasteiger partial charge in [0.05, 0.1) is 6.42 Å². The minimum absolute atomic E-state index is 0.0208. The fraction of sp³-hybridized carbons (Fsp3) is 0.200. The maximum absolute atomic E-state index is 13.0. The van der Waals surface area contributed by atoms with Crippen LogP contribution in [-0.4, -0.2) is 35.3 Å². The van der Waals surface area contributed by atoms with Crippen molar-refractivity contribution in [1.82, 2.24) is 9.29 Å². The zero-order valence-corrected chi connectivity index (χ0v) is 12.9. The van der Waals surface area contributed by atoms with Crippen LogP contribution in [-0.2, 0) is 21.4 Å². The molecule has 1 N–H and O–H groups in total. The topological polar surface area (TPSA) is 87.6 Å². The van der Waals surface area contributed by atoms with E-state index in [1.165, 1.54) is 48.8 Å². The minimum Gasteiger partial charge on any atom is -0.481 e. The van der Waals surface area contributed by atoms with Crippen molar-refractivity contribution in [2.24, 2.45) is 0 Å². The smallest absolute Gasteiger partial charge is 0.304 e. The number of nitrogens with zero attached hydrogens (tertiary/aromatic N) is 2. The Morgan fingerprint density at radius 2 is 1.91 bits per heavy atom. The Balaban J connectivity index is 2.29. The number of halogens is 1. The highest BCUT2D eigenvalue weighted by Gasteiger charge is 2.25. The second kappa shape index (κ2) is 7.30. The molecule has 23 heavy (non-hydrogen) atoms. The molecule has 6 nitrogen and oxygen atoms in total. The number of carboxylic acid groups (broad SMARTS) is 1. The quantitative estimate of drug-likeness (QED) is 0.833. The van der Waals surface area contributed by atoms with Crippen molar-refractivity contribution in [2.75, 3.05) is 6.54 Å². The van der Waals surface area contributed by atoms with Crippen molar-refractivity contribution in [3.8, 4) is 0 Å². The molecule has 0 unspecified atom stereocenters. The van der Waals surface area contributed by atoms with Gasteiger partial charge in [0.25, 0.3) is 0 Å². The average molecular weight is 338 g/mol. The van der Waals surface area contributed by atoms with Gasteiger partial charge in [0.1, 0.15) is 10.7 Å². The Morgan fingerprint density at radius 3 is 2.48 bits per heavy atom. The first-order chi connectivity index (χ1) is 10.9. The SMILES string of the molecule is O=C(O)CCN(Cc1ccc(F)cc1)S(=O)(=O)c1cccnc1. The van der Waals surface area contributed by atoms with Gasteiger partial charge in [-0.25, -0.2) is 12.8 Å². The standard InChI is InChI=1S/C15H15FN2O4S/c16-13-5-3-12(4-6-13)11-18(9-7-15(19)20)23(21,22)14-2-1-8-17-10-14/h1-6,8,10H,7,9,11H2,(H,19,20). The van der Waals surface area contributed by atoms with E-state index >= 15 is 0 Å². The summed E-state index contributed by atoms with van der Waals surface area (Å²) < 4.78 is 39.3. The van der Waals surface area contributed by atoms with Crippen LogP contribution >= 0.6 is 0 Å². The molecule has 2 rings (SSSR count). The van der Waals surface area contributed by atoms with Gasteiger partial charge >= 0.3 is 5.97 Å². The van der Waals surface area contributed by atoms with Crippen LogP contribution in [0.25, 0.3) is 0 Å².